The van der Waals surface area contributed by atoms with Crippen LogP contribution in [0.25, 0.3) is 0 Å². The number of nitrogens with zero attached hydrogens (tertiary/aromatic N) is 1. The molecular formula is C13H17NO4. The lowest BCUT2D eigenvalue weighted by Crippen LogP contribution is -2.53. The zero-order chi connectivity index (χ0) is 13.3. The Balaban J connectivity index is 2.49. The lowest BCUT2D eigenvalue weighted by molar-refractivity contribution is -0.133. The zero-order valence-corrected chi connectivity index (χ0v) is 10.8. The van der Waals surface area contributed by atoms with Gasteiger partial charge < -0.3 is 14.6 Å². The molecule has 0 saturated heterocycles. The van der Waals surface area contributed by atoms with Gasteiger partial charge in [-0.2, -0.15) is 0 Å². The van der Waals surface area contributed by atoms with Crippen LogP contribution in [-0.2, 0) is 16.1 Å². The van der Waals surface area contributed by atoms with Crippen molar-refractivity contribution in [1.82, 2.24) is 0 Å². The number of carbonyl (C=O) groups is 1. The summed E-state index contributed by atoms with van der Waals surface area (Å²) in [5.41, 5.74) is 0.449. The van der Waals surface area contributed by atoms with Gasteiger partial charge in [0.05, 0.1) is 12.3 Å². The molecule has 1 aliphatic heterocycles. The molecule has 0 aromatic heterocycles. The molecule has 1 N–H and O–H groups in total. The van der Waals surface area contributed by atoms with E-state index in [9.17, 15) is 4.79 Å². The van der Waals surface area contributed by atoms with Gasteiger partial charge in [-0.25, -0.2) is 0 Å². The lowest BCUT2D eigenvalue weighted by Gasteiger charge is -2.38. The summed E-state index contributed by atoms with van der Waals surface area (Å²) in [6.45, 7) is 3.53. The number of aliphatic hydroxyl groups is 1. The molecule has 18 heavy (non-hydrogen) atoms. The number of carbonyl (C=O) groups excluding carboxylic acids is 1. The molecule has 0 radical (unpaired) electrons. The number of methoxy groups -OCH3 is 1. The second kappa shape index (κ2) is 4.59. The minimum atomic E-state index is -0.910. The Morgan fingerprint density at radius 2 is 2.17 bits per heavy atom. The smallest absolute Gasteiger partial charge is 0.272 e. The Morgan fingerprint density at radius 1 is 1.44 bits per heavy atom. The zero-order valence-electron chi connectivity index (χ0n) is 10.8. The van der Waals surface area contributed by atoms with Crippen molar-refractivity contribution in [3.8, 4) is 5.75 Å². The van der Waals surface area contributed by atoms with Gasteiger partial charge in [-0.3, -0.25) is 9.69 Å². The Labute approximate surface area is 106 Å². The van der Waals surface area contributed by atoms with Gasteiger partial charge in [-0.05, 0) is 31.5 Å². The molecule has 0 unspecified atom stereocenters. The van der Waals surface area contributed by atoms with Crippen molar-refractivity contribution >= 4 is 11.6 Å². The van der Waals surface area contributed by atoms with Gasteiger partial charge in [0.25, 0.3) is 5.91 Å². The molecule has 0 spiro atoms. The van der Waals surface area contributed by atoms with E-state index in [1.165, 1.54) is 12.0 Å². The van der Waals surface area contributed by atoms with E-state index >= 15 is 0 Å². The molecule has 1 heterocycles. The van der Waals surface area contributed by atoms with Gasteiger partial charge in [-0.15, -0.1) is 0 Å². The summed E-state index contributed by atoms with van der Waals surface area (Å²) in [4.78, 5) is 13.8. The number of benzene rings is 1. The van der Waals surface area contributed by atoms with Gasteiger partial charge in [0.2, 0.25) is 0 Å². The third-order valence-electron chi connectivity index (χ3n) is 2.88. The molecule has 0 atom stereocenters. The molecule has 5 nitrogen and oxygen atoms in total. The summed E-state index contributed by atoms with van der Waals surface area (Å²) in [7, 11) is 1.53. The highest BCUT2D eigenvalue weighted by molar-refractivity contribution is 6.02. The molecule has 1 amide bonds. The van der Waals surface area contributed by atoms with Crippen LogP contribution in [0.2, 0.25) is 0 Å². The molecule has 1 aromatic carbocycles. The Hall–Kier alpha value is -1.59. The van der Waals surface area contributed by atoms with E-state index in [-0.39, 0.29) is 19.2 Å². The van der Waals surface area contributed by atoms with Crippen molar-refractivity contribution in [3.63, 3.8) is 0 Å². The average molecular weight is 251 g/mol. The number of rotatable bonds is 3. The minimum Gasteiger partial charge on any atom is -0.476 e. The number of ether oxygens (including phenoxy) is 2. The van der Waals surface area contributed by atoms with Crippen molar-refractivity contribution in [3.05, 3.63) is 23.8 Å². The standard InChI is InChI=1S/C13H17NO4/c1-13(2)12(16)14(8-17-3)10-6-9(7-15)4-5-11(10)18-13/h4-6,15H,7-8H2,1-3H3. The van der Waals surface area contributed by atoms with Crippen LogP contribution in [0.5, 0.6) is 5.75 Å². The summed E-state index contributed by atoms with van der Waals surface area (Å²) >= 11 is 0. The third kappa shape index (κ3) is 2.07. The highest BCUT2D eigenvalue weighted by Crippen LogP contribution is 2.38. The Bertz CT molecular complexity index is 470. The normalized spacial score (nSPS) is 17.3. The van der Waals surface area contributed by atoms with Crippen molar-refractivity contribution in [2.45, 2.75) is 26.1 Å². The van der Waals surface area contributed by atoms with Crippen molar-refractivity contribution in [2.75, 3.05) is 18.7 Å². The molecule has 98 valence electrons. The van der Waals surface area contributed by atoms with Crippen LogP contribution in [0, 0.1) is 0 Å². The molecule has 0 aliphatic carbocycles. The van der Waals surface area contributed by atoms with Gasteiger partial charge in [-0.1, -0.05) is 6.07 Å². The van der Waals surface area contributed by atoms with E-state index in [0.29, 0.717) is 11.4 Å². The Kier molecular flexibility index (Phi) is 3.28. The van der Waals surface area contributed by atoms with Crippen LogP contribution < -0.4 is 9.64 Å². The molecule has 0 saturated carbocycles. The van der Waals surface area contributed by atoms with Gasteiger partial charge in [0.1, 0.15) is 12.5 Å². The Morgan fingerprint density at radius 3 is 2.78 bits per heavy atom. The van der Waals surface area contributed by atoms with Crippen LogP contribution in [0.1, 0.15) is 19.4 Å². The first-order valence-electron chi connectivity index (χ1n) is 5.73. The average Bonchev–Trinajstić information content (AvgIpc) is 2.34. The second-order valence-corrected chi connectivity index (χ2v) is 4.72. The van der Waals surface area contributed by atoms with Crippen LogP contribution in [0.3, 0.4) is 0 Å². The SMILES string of the molecule is COCN1C(=O)C(C)(C)Oc2ccc(CO)cc21. The van der Waals surface area contributed by atoms with E-state index in [4.69, 9.17) is 14.6 Å². The van der Waals surface area contributed by atoms with E-state index in [1.54, 1.807) is 32.0 Å². The maximum atomic E-state index is 12.3. The summed E-state index contributed by atoms with van der Waals surface area (Å²) < 4.78 is 10.7. The summed E-state index contributed by atoms with van der Waals surface area (Å²) in [6, 6.07) is 5.27. The number of amides is 1. The van der Waals surface area contributed by atoms with E-state index in [2.05, 4.69) is 0 Å². The summed E-state index contributed by atoms with van der Waals surface area (Å²) in [6.07, 6.45) is 0. The topological polar surface area (TPSA) is 59.0 Å². The number of hydrogen-bond acceptors (Lipinski definition) is 4. The molecule has 2 rings (SSSR count). The second-order valence-electron chi connectivity index (χ2n) is 4.72. The molecule has 5 heteroatoms. The van der Waals surface area contributed by atoms with Crippen molar-refractivity contribution in [2.24, 2.45) is 0 Å². The van der Waals surface area contributed by atoms with Crippen LogP contribution in [0.15, 0.2) is 18.2 Å². The first kappa shape index (κ1) is 12.9. The molecule has 1 aromatic rings. The summed E-state index contributed by atoms with van der Waals surface area (Å²) in [5, 5.41) is 9.15. The van der Waals surface area contributed by atoms with Crippen LogP contribution in [0.4, 0.5) is 5.69 Å². The fourth-order valence-electron chi connectivity index (χ4n) is 1.97. The maximum Gasteiger partial charge on any atom is 0.272 e. The first-order chi connectivity index (χ1) is 8.49. The molecule has 1 aliphatic rings. The number of aliphatic hydroxyl groups excluding tert-OH is 1. The fourth-order valence-corrected chi connectivity index (χ4v) is 1.97. The third-order valence-corrected chi connectivity index (χ3v) is 2.88. The number of fused-ring (bicyclic) bond motifs is 1. The number of hydrogen-bond donors (Lipinski definition) is 1. The highest BCUT2D eigenvalue weighted by Gasteiger charge is 2.40. The fraction of sp³-hybridized carbons (Fsp3) is 0.462. The van der Waals surface area contributed by atoms with Crippen molar-refractivity contribution < 1.29 is 19.4 Å². The maximum absolute atomic E-state index is 12.3. The van der Waals surface area contributed by atoms with Crippen molar-refractivity contribution in [1.29, 1.82) is 0 Å². The quantitative estimate of drug-likeness (QED) is 0.879. The molecular weight excluding hydrogens is 234 g/mol. The summed E-state index contributed by atoms with van der Waals surface area (Å²) in [5.74, 6) is 0.459. The van der Waals surface area contributed by atoms with Crippen LogP contribution >= 0.6 is 0 Å². The monoisotopic (exact) mass is 251 g/mol. The van der Waals surface area contributed by atoms with Gasteiger partial charge in [0.15, 0.2) is 5.60 Å². The largest absolute Gasteiger partial charge is 0.476 e. The first-order valence-corrected chi connectivity index (χ1v) is 5.73. The number of anilines is 1. The van der Waals surface area contributed by atoms with E-state index < -0.39 is 5.60 Å². The van der Waals surface area contributed by atoms with Crippen LogP contribution in [-0.4, -0.2) is 30.5 Å². The van der Waals surface area contributed by atoms with Gasteiger partial charge >= 0.3 is 0 Å². The molecule has 0 bridgehead atoms. The van der Waals surface area contributed by atoms with E-state index in [0.717, 1.165) is 5.56 Å². The molecule has 0 fully saturated rings. The highest BCUT2D eigenvalue weighted by atomic mass is 16.5. The minimum absolute atomic E-state index is 0.0777. The lowest BCUT2D eigenvalue weighted by atomic mass is 10.0. The van der Waals surface area contributed by atoms with Gasteiger partial charge in [0, 0.05) is 7.11 Å². The predicted molar refractivity (Wildman–Crippen MR) is 66.4 cm³/mol. The predicted octanol–water partition coefficient (Wildman–Crippen LogP) is 1.29. The van der Waals surface area contributed by atoms with E-state index in [1.807, 2.05) is 0 Å².